The van der Waals surface area contributed by atoms with Crippen molar-refractivity contribution in [3.8, 4) is 0 Å². The number of nitrogens with one attached hydrogen (secondary N) is 2. The number of nitrogen functional groups attached to an aromatic ring is 1. The van der Waals surface area contributed by atoms with Crippen LogP contribution in [0.2, 0.25) is 0 Å². The van der Waals surface area contributed by atoms with Crippen molar-refractivity contribution in [3.05, 3.63) is 20.8 Å². The quantitative estimate of drug-likeness (QED) is 0.488. The van der Waals surface area contributed by atoms with Gasteiger partial charge in [0.15, 0.2) is 0 Å². The number of nitrogens with two attached hydrogens (primary N) is 1. The molecule has 0 amide bonds. The fourth-order valence-corrected chi connectivity index (χ4v) is 0.878. The molecule has 0 spiro atoms. The molecule has 0 aromatic carbocycles. The average molecular weight is 170 g/mol. The Morgan fingerprint density at radius 1 is 1.50 bits per heavy atom. The third-order valence-corrected chi connectivity index (χ3v) is 1.58. The number of hydrogen-bond acceptors (Lipinski definition) is 4. The van der Waals surface area contributed by atoms with Crippen molar-refractivity contribution < 1.29 is 0 Å². The summed E-state index contributed by atoms with van der Waals surface area (Å²) in [5, 5.41) is 2.60. The lowest BCUT2D eigenvalue weighted by atomic mass is 10.4. The molecule has 0 aliphatic heterocycles. The fourth-order valence-electron chi connectivity index (χ4n) is 0.878. The summed E-state index contributed by atoms with van der Waals surface area (Å²) < 4.78 is 0.947. The van der Waals surface area contributed by atoms with E-state index in [2.05, 4.69) is 10.3 Å². The largest absolute Gasteiger partial charge is 0.383 e. The molecule has 0 unspecified atom stereocenters. The van der Waals surface area contributed by atoms with Crippen LogP contribution in [0.5, 0.6) is 0 Å². The Morgan fingerprint density at radius 2 is 2.08 bits per heavy atom. The van der Waals surface area contributed by atoms with E-state index in [-0.39, 0.29) is 11.5 Å². The van der Waals surface area contributed by atoms with Gasteiger partial charge in [-0.05, 0) is 0 Å². The monoisotopic (exact) mass is 170 g/mol. The minimum atomic E-state index is -0.517. The Labute approximate surface area is 68.0 Å². The SMILES string of the molecule is CNc1c(N)[nH]c(=O)n(C)c1=O. The number of rotatable bonds is 1. The Balaban J connectivity index is 3.63. The molecule has 0 saturated carbocycles. The van der Waals surface area contributed by atoms with Crippen LogP contribution in [0.15, 0.2) is 9.59 Å². The van der Waals surface area contributed by atoms with Crippen molar-refractivity contribution in [2.24, 2.45) is 7.05 Å². The van der Waals surface area contributed by atoms with Gasteiger partial charge >= 0.3 is 5.69 Å². The Kier molecular flexibility index (Phi) is 1.90. The van der Waals surface area contributed by atoms with Crippen LogP contribution in [0, 0.1) is 0 Å². The standard InChI is InChI=1S/C6H10N4O2/c1-8-3-4(7)9-6(12)10(2)5(3)11/h8H,7H2,1-2H3,(H,9,12). The van der Waals surface area contributed by atoms with E-state index in [0.29, 0.717) is 0 Å². The lowest BCUT2D eigenvalue weighted by Crippen LogP contribution is -2.34. The van der Waals surface area contributed by atoms with Gasteiger partial charge in [-0.1, -0.05) is 0 Å². The molecule has 12 heavy (non-hydrogen) atoms. The number of aromatic amines is 1. The molecule has 1 rings (SSSR count). The number of hydrogen-bond donors (Lipinski definition) is 3. The highest BCUT2D eigenvalue weighted by atomic mass is 16.2. The lowest BCUT2D eigenvalue weighted by Gasteiger charge is -2.04. The van der Waals surface area contributed by atoms with Crippen LogP contribution in [0.25, 0.3) is 0 Å². The molecule has 1 heterocycles. The molecule has 1 aromatic heterocycles. The van der Waals surface area contributed by atoms with Gasteiger partial charge in [-0.25, -0.2) is 4.79 Å². The van der Waals surface area contributed by atoms with Gasteiger partial charge in [-0.2, -0.15) is 0 Å². The van der Waals surface area contributed by atoms with Crippen molar-refractivity contribution in [1.82, 2.24) is 9.55 Å². The van der Waals surface area contributed by atoms with E-state index in [1.807, 2.05) is 0 Å². The molecule has 4 N–H and O–H groups in total. The van der Waals surface area contributed by atoms with Crippen molar-refractivity contribution in [3.63, 3.8) is 0 Å². The Hall–Kier alpha value is -1.72. The summed E-state index contributed by atoms with van der Waals surface area (Å²) in [5.74, 6) is 0.0607. The average Bonchev–Trinajstić information content (AvgIpc) is 2.01. The van der Waals surface area contributed by atoms with E-state index < -0.39 is 11.2 Å². The van der Waals surface area contributed by atoms with Crippen molar-refractivity contribution >= 4 is 11.5 Å². The maximum atomic E-state index is 11.2. The normalized spacial score (nSPS) is 9.83. The minimum absolute atomic E-state index is 0.0607. The van der Waals surface area contributed by atoms with Gasteiger partial charge in [-0.3, -0.25) is 14.3 Å². The lowest BCUT2D eigenvalue weighted by molar-refractivity contribution is 0.781. The highest BCUT2D eigenvalue weighted by Gasteiger charge is 2.06. The highest BCUT2D eigenvalue weighted by molar-refractivity contribution is 5.58. The highest BCUT2D eigenvalue weighted by Crippen LogP contribution is 2.03. The molecule has 0 aliphatic carbocycles. The molecule has 1 aromatic rings. The van der Waals surface area contributed by atoms with Gasteiger partial charge < -0.3 is 11.1 Å². The third-order valence-electron chi connectivity index (χ3n) is 1.58. The number of anilines is 2. The molecular formula is C6H10N4O2. The van der Waals surface area contributed by atoms with E-state index >= 15 is 0 Å². The first kappa shape index (κ1) is 8.38. The summed E-state index contributed by atoms with van der Waals surface area (Å²) in [7, 11) is 2.94. The van der Waals surface area contributed by atoms with Gasteiger partial charge in [0.05, 0.1) is 0 Å². The molecule has 66 valence electrons. The van der Waals surface area contributed by atoms with Crippen molar-refractivity contribution in [2.75, 3.05) is 18.1 Å². The first-order valence-corrected chi connectivity index (χ1v) is 3.34. The van der Waals surface area contributed by atoms with Gasteiger partial charge in [0.25, 0.3) is 5.56 Å². The summed E-state index contributed by atoms with van der Waals surface area (Å²) in [6.45, 7) is 0. The van der Waals surface area contributed by atoms with Crippen LogP contribution in [-0.2, 0) is 7.05 Å². The Morgan fingerprint density at radius 3 is 2.58 bits per heavy atom. The second-order valence-corrected chi connectivity index (χ2v) is 2.33. The topological polar surface area (TPSA) is 92.9 Å². The maximum Gasteiger partial charge on any atom is 0.329 e. The van der Waals surface area contributed by atoms with E-state index in [1.54, 1.807) is 7.05 Å². The zero-order chi connectivity index (χ0) is 9.30. The second kappa shape index (κ2) is 2.72. The van der Waals surface area contributed by atoms with Crippen molar-refractivity contribution in [2.45, 2.75) is 0 Å². The first-order valence-electron chi connectivity index (χ1n) is 3.34. The maximum absolute atomic E-state index is 11.2. The predicted octanol–water partition coefficient (Wildman–Crippen LogP) is -1.30. The molecule has 6 heteroatoms. The molecule has 0 atom stereocenters. The van der Waals surface area contributed by atoms with E-state index in [1.165, 1.54) is 7.05 Å². The van der Waals surface area contributed by atoms with Crippen molar-refractivity contribution in [1.29, 1.82) is 0 Å². The number of aromatic nitrogens is 2. The zero-order valence-electron chi connectivity index (χ0n) is 6.84. The van der Waals surface area contributed by atoms with Gasteiger partial charge in [0.2, 0.25) is 0 Å². The third kappa shape index (κ3) is 1.07. The zero-order valence-corrected chi connectivity index (χ0v) is 6.84. The molecule has 0 fully saturated rings. The predicted molar refractivity (Wildman–Crippen MR) is 46.3 cm³/mol. The van der Waals surface area contributed by atoms with Gasteiger partial charge in [0.1, 0.15) is 11.5 Å². The van der Waals surface area contributed by atoms with Crippen LogP contribution in [0.4, 0.5) is 11.5 Å². The van der Waals surface area contributed by atoms with E-state index in [9.17, 15) is 9.59 Å². The summed E-state index contributed by atoms with van der Waals surface area (Å²) >= 11 is 0. The van der Waals surface area contributed by atoms with Gasteiger partial charge in [0, 0.05) is 14.1 Å². The minimum Gasteiger partial charge on any atom is -0.383 e. The van der Waals surface area contributed by atoms with Gasteiger partial charge in [-0.15, -0.1) is 0 Å². The number of H-pyrrole nitrogens is 1. The van der Waals surface area contributed by atoms with Crippen LogP contribution in [0.1, 0.15) is 0 Å². The number of nitrogens with zero attached hydrogens (tertiary/aromatic N) is 1. The smallest absolute Gasteiger partial charge is 0.329 e. The van der Waals surface area contributed by atoms with Crippen LogP contribution in [-0.4, -0.2) is 16.6 Å². The second-order valence-electron chi connectivity index (χ2n) is 2.33. The van der Waals surface area contributed by atoms with E-state index in [0.717, 1.165) is 4.57 Å². The molecule has 0 saturated heterocycles. The summed E-state index contributed by atoms with van der Waals surface area (Å²) in [4.78, 5) is 24.5. The molecular weight excluding hydrogens is 160 g/mol. The first-order chi connectivity index (χ1) is 5.57. The fraction of sp³-hybridized carbons (Fsp3) is 0.333. The van der Waals surface area contributed by atoms with Crippen LogP contribution in [0.3, 0.4) is 0 Å². The van der Waals surface area contributed by atoms with E-state index in [4.69, 9.17) is 5.73 Å². The molecule has 0 radical (unpaired) electrons. The molecule has 6 nitrogen and oxygen atoms in total. The summed E-state index contributed by atoms with van der Waals surface area (Å²) in [6.07, 6.45) is 0. The Bertz CT molecular complexity index is 403. The van der Waals surface area contributed by atoms with Crippen LogP contribution >= 0.6 is 0 Å². The van der Waals surface area contributed by atoms with Crippen LogP contribution < -0.4 is 22.3 Å². The molecule has 0 aliphatic rings. The summed E-state index contributed by atoms with van der Waals surface area (Å²) in [5.41, 5.74) is 4.63. The molecule has 0 bridgehead atoms. The summed E-state index contributed by atoms with van der Waals surface area (Å²) in [6, 6.07) is 0.